The van der Waals surface area contributed by atoms with Gasteiger partial charge < -0.3 is 10.4 Å². The largest absolute Gasteiger partial charge is 0.478 e. The lowest BCUT2D eigenvalue weighted by molar-refractivity contribution is 0.0697. The van der Waals surface area contributed by atoms with Gasteiger partial charge >= 0.3 is 5.97 Å². The van der Waals surface area contributed by atoms with Crippen LogP contribution in [0.5, 0.6) is 0 Å². The van der Waals surface area contributed by atoms with Crippen LogP contribution < -0.4 is 5.32 Å². The number of carboxylic acid groups (broad SMARTS) is 1. The van der Waals surface area contributed by atoms with Crippen LogP contribution in [0.25, 0.3) is 0 Å². The minimum atomic E-state index is -0.925. The highest BCUT2D eigenvalue weighted by molar-refractivity contribution is 7.15. The van der Waals surface area contributed by atoms with Gasteiger partial charge in [-0.2, -0.15) is 0 Å². The highest BCUT2D eigenvalue weighted by atomic mass is 35.5. The zero-order valence-corrected chi connectivity index (χ0v) is 12.1. The molecule has 2 aromatic rings. The molecule has 0 fully saturated rings. The van der Waals surface area contributed by atoms with Crippen LogP contribution in [0.2, 0.25) is 4.47 Å². The Labute approximate surface area is 120 Å². The number of carbonyl (C=O) groups is 1. The maximum Gasteiger partial charge on any atom is 0.338 e. The molecule has 0 aliphatic heterocycles. The molecule has 1 heterocycles. The molecule has 2 N–H and O–H groups in total. The van der Waals surface area contributed by atoms with E-state index in [-0.39, 0.29) is 0 Å². The Morgan fingerprint density at radius 1 is 1.42 bits per heavy atom. The summed E-state index contributed by atoms with van der Waals surface area (Å²) >= 11 is 7.14. The number of aromatic nitrogens is 1. The van der Waals surface area contributed by atoms with Crippen molar-refractivity contribution in [3.05, 3.63) is 44.4 Å². The van der Waals surface area contributed by atoms with Gasteiger partial charge in [-0.25, -0.2) is 9.78 Å². The van der Waals surface area contributed by atoms with E-state index in [1.165, 1.54) is 11.3 Å². The fraction of sp³-hybridized carbons (Fsp3) is 0.231. The number of halogens is 1. The van der Waals surface area contributed by atoms with Gasteiger partial charge in [0.05, 0.1) is 17.8 Å². The van der Waals surface area contributed by atoms with Crippen molar-refractivity contribution in [3.8, 4) is 0 Å². The third-order valence-electron chi connectivity index (χ3n) is 2.80. The van der Waals surface area contributed by atoms with E-state index in [0.29, 0.717) is 22.3 Å². The number of anilines is 1. The first-order valence-corrected chi connectivity index (χ1v) is 6.86. The van der Waals surface area contributed by atoms with Gasteiger partial charge in [0, 0.05) is 11.1 Å². The molecule has 0 aliphatic rings. The quantitative estimate of drug-likeness (QED) is 0.902. The van der Waals surface area contributed by atoms with Crippen molar-refractivity contribution in [2.45, 2.75) is 20.4 Å². The normalized spacial score (nSPS) is 10.5. The molecule has 0 saturated heterocycles. The Hall–Kier alpha value is -1.59. The lowest BCUT2D eigenvalue weighted by atomic mass is 10.0. The number of hydrogen-bond acceptors (Lipinski definition) is 4. The van der Waals surface area contributed by atoms with E-state index in [4.69, 9.17) is 11.6 Å². The number of hydrogen-bond donors (Lipinski definition) is 2. The second-order valence-corrected chi connectivity index (χ2v) is 5.88. The van der Waals surface area contributed by atoms with Gasteiger partial charge in [-0.3, -0.25) is 0 Å². The first kappa shape index (κ1) is 13.8. The van der Waals surface area contributed by atoms with Crippen LogP contribution in [0.3, 0.4) is 0 Å². The summed E-state index contributed by atoms with van der Waals surface area (Å²) in [7, 11) is 0. The molecule has 100 valence electrons. The fourth-order valence-electron chi connectivity index (χ4n) is 1.86. The van der Waals surface area contributed by atoms with Crippen molar-refractivity contribution in [2.75, 3.05) is 5.32 Å². The number of aromatic carboxylic acids is 1. The highest BCUT2D eigenvalue weighted by Gasteiger charge is 2.15. The first-order chi connectivity index (χ1) is 8.99. The molecule has 0 atom stereocenters. The molecule has 0 bridgehead atoms. The first-order valence-electron chi connectivity index (χ1n) is 5.66. The van der Waals surface area contributed by atoms with E-state index in [2.05, 4.69) is 10.3 Å². The molecule has 1 aromatic carbocycles. The second kappa shape index (κ2) is 5.59. The summed E-state index contributed by atoms with van der Waals surface area (Å²) in [6.45, 7) is 4.18. The minimum Gasteiger partial charge on any atom is -0.478 e. The second-order valence-electron chi connectivity index (χ2n) is 4.19. The van der Waals surface area contributed by atoms with Crippen LogP contribution >= 0.6 is 22.9 Å². The molecule has 0 unspecified atom stereocenters. The molecular formula is C13H13ClN2O2S. The van der Waals surface area contributed by atoms with E-state index in [1.54, 1.807) is 13.1 Å². The van der Waals surface area contributed by atoms with Crippen molar-refractivity contribution in [2.24, 2.45) is 0 Å². The Kier molecular flexibility index (Phi) is 4.07. The van der Waals surface area contributed by atoms with Gasteiger partial charge in [0.2, 0.25) is 0 Å². The number of nitrogens with zero attached hydrogens (tertiary/aromatic N) is 1. The number of benzene rings is 1. The summed E-state index contributed by atoms with van der Waals surface area (Å²) in [6, 6.07) is 3.72. The van der Waals surface area contributed by atoms with E-state index < -0.39 is 5.97 Å². The molecule has 1 aromatic heterocycles. The number of thiazole rings is 1. The molecule has 19 heavy (non-hydrogen) atoms. The standard InChI is InChI=1S/C13H13ClN2O2S/c1-7-3-4-8(2)11(10(7)12(17)18)15-5-9-6-16-13(14)19-9/h3-4,6,15H,5H2,1-2H3,(H,17,18). The van der Waals surface area contributed by atoms with E-state index in [0.717, 1.165) is 16.0 Å². The summed E-state index contributed by atoms with van der Waals surface area (Å²) in [6.07, 6.45) is 1.69. The van der Waals surface area contributed by atoms with Crippen molar-refractivity contribution >= 4 is 34.6 Å². The van der Waals surface area contributed by atoms with Crippen molar-refractivity contribution in [1.82, 2.24) is 4.98 Å². The van der Waals surface area contributed by atoms with Crippen LogP contribution in [0.4, 0.5) is 5.69 Å². The molecule has 0 radical (unpaired) electrons. The van der Waals surface area contributed by atoms with Crippen LogP contribution in [0.15, 0.2) is 18.3 Å². The topological polar surface area (TPSA) is 62.2 Å². The van der Waals surface area contributed by atoms with Crippen LogP contribution in [0.1, 0.15) is 26.4 Å². The Balaban J connectivity index is 2.28. The zero-order valence-electron chi connectivity index (χ0n) is 10.5. The molecule has 0 saturated carbocycles. The summed E-state index contributed by atoms with van der Waals surface area (Å²) in [5.74, 6) is -0.925. The van der Waals surface area contributed by atoms with Crippen molar-refractivity contribution in [1.29, 1.82) is 0 Å². The van der Waals surface area contributed by atoms with Gasteiger partial charge in [0.15, 0.2) is 4.47 Å². The lowest BCUT2D eigenvalue weighted by Crippen LogP contribution is -2.09. The third kappa shape index (κ3) is 3.05. The Morgan fingerprint density at radius 3 is 2.68 bits per heavy atom. The predicted octanol–water partition coefficient (Wildman–Crippen LogP) is 3.72. The molecule has 4 nitrogen and oxygen atoms in total. The van der Waals surface area contributed by atoms with Crippen LogP contribution in [0, 0.1) is 13.8 Å². The maximum absolute atomic E-state index is 11.3. The van der Waals surface area contributed by atoms with Gasteiger partial charge in [0.1, 0.15) is 0 Å². The average molecular weight is 297 g/mol. The van der Waals surface area contributed by atoms with E-state index in [9.17, 15) is 9.90 Å². The lowest BCUT2D eigenvalue weighted by Gasteiger charge is -2.14. The average Bonchev–Trinajstić information content (AvgIpc) is 2.75. The fourth-order valence-corrected chi connectivity index (χ4v) is 2.77. The number of aryl methyl sites for hydroxylation is 2. The smallest absolute Gasteiger partial charge is 0.338 e. The van der Waals surface area contributed by atoms with Gasteiger partial charge in [-0.1, -0.05) is 23.7 Å². The number of rotatable bonds is 4. The van der Waals surface area contributed by atoms with Gasteiger partial charge in [-0.15, -0.1) is 11.3 Å². The summed E-state index contributed by atoms with van der Waals surface area (Å²) in [5.41, 5.74) is 2.61. The van der Waals surface area contributed by atoms with Crippen molar-refractivity contribution < 1.29 is 9.90 Å². The SMILES string of the molecule is Cc1ccc(C)c(C(=O)O)c1NCc1cnc(Cl)s1. The minimum absolute atomic E-state index is 0.315. The molecule has 0 aliphatic carbocycles. The molecular weight excluding hydrogens is 284 g/mol. The molecule has 6 heteroatoms. The number of carboxylic acids is 1. The summed E-state index contributed by atoms with van der Waals surface area (Å²) in [4.78, 5) is 16.3. The summed E-state index contributed by atoms with van der Waals surface area (Å²) < 4.78 is 0.483. The maximum atomic E-state index is 11.3. The van der Waals surface area contributed by atoms with Crippen LogP contribution in [-0.2, 0) is 6.54 Å². The highest BCUT2D eigenvalue weighted by Crippen LogP contribution is 2.26. The van der Waals surface area contributed by atoms with Crippen LogP contribution in [-0.4, -0.2) is 16.1 Å². The molecule has 0 amide bonds. The van der Waals surface area contributed by atoms with E-state index in [1.807, 2.05) is 19.1 Å². The van der Waals surface area contributed by atoms with Gasteiger partial charge in [-0.05, 0) is 25.0 Å². The third-order valence-corrected chi connectivity index (χ3v) is 3.92. The van der Waals surface area contributed by atoms with E-state index >= 15 is 0 Å². The Bertz CT molecular complexity index is 625. The van der Waals surface area contributed by atoms with Crippen molar-refractivity contribution in [3.63, 3.8) is 0 Å². The molecule has 0 spiro atoms. The summed E-state index contributed by atoms with van der Waals surface area (Å²) in [5, 5.41) is 12.5. The zero-order chi connectivity index (χ0) is 14.0. The molecule has 2 rings (SSSR count). The van der Waals surface area contributed by atoms with Gasteiger partial charge in [0.25, 0.3) is 0 Å². The number of nitrogens with one attached hydrogen (secondary N) is 1. The Morgan fingerprint density at radius 2 is 2.11 bits per heavy atom. The predicted molar refractivity (Wildman–Crippen MR) is 77.3 cm³/mol. The monoisotopic (exact) mass is 296 g/mol.